The van der Waals surface area contributed by atoms with Crippen molar-refractivity contribution in [2.75, 3.05) is 13.6 Å². The Hall–Kier alpha value is -1.35. The van der Waals surface area contributed by atoms with E-state index in [1.165, 1.54) is 0 Å². The van der Waals surface area contributed by atoms with Gasteiger partial charge in [-0.1, -0.05) is 12.1 Å². The van der Waals surface area contributed by atoms with Crippen LogP contribution in [0, 0.1) is 0 Å². The molecule has 0 unspecified atom stereocenters. The largest absolute Gasteiger partial charge is 0.390 e. The second-order valence-corrected chi connectivity index (χ2v) is 5.33. The molecule has 1 amide bonds. The number of hydrogen-bond donors (Lipinski definition) is 1. The van der Waals surface area contributed by atoms with Gasteiger partial charge in [-0.3, -0.25) is 4.79 Å². The van der Waals surface area contributed by atoms with Crippen molar-refractivity contribution in [2.24, 2.45) is 0 Å². The predicted octanol–water partition coefficient (Wildman–Crippen LogP) is 2.48. The van der Waals surface area contributed by atoms with Crippen LogP contribution in [-0.2, 0) is 6.42 Å². The lowest BCUT2D eigenvalue weighted by Gasteiger charge is -2.17. The standard InChI is InChI=1S/C15H23NO2/c1-5-16(4)14(17)13-8-6-12(7-9-13)10-11-15(2,3)18/h6-9,18H,5,10-11H2,1-4H3. The quantitative estimate of drug-likeness (QED) is 0.871. The average molecular weight is 249 g/mol. The topological polar surface area (TPSA) is 40.5 Å². The summed E-state index contributed by atoms with van der Waals surface area (Å²) < 4.78 is 0. The van der Waals surface area contributed by atoms with E-state index in [0.717, 1.165) is 18.4 Å². The van der Waals surface area contributed by atoms with Crippen LogP contribution in [0.4, 0.5) is 0 Å². The SMILES string of the molecule is CCN(C)C(=O)c1ccc(CCC(C)(C)O)cc1. The molecule has 0 atom stereocenters. The zero-order chi connectivity index (χ0) is 13.8. The van der Waals surface area contributed by atoms with Crippen molar-refractivity contribution in [3.8, 4) is 0 Å². The van der Waals surface area contributed by atoms with E-state index in [-0.39, 0.29) is 5.91 Å². The van der Waals surface area contributed by atoms with Crippen molar-refractivity contribution >= 4 is 5.91 Å². The predicted molar refractivity (Wildman–Crippen MR) is 73.7 cm³/mol. The first-order valence-corrected chi connectivity index (χ1v) is 6.40. The van der Waals surface area contributed by atoms with Crippen molar-refractivity contribution in [1.29, 1.82) is 0 Å². The third-order valence-electron chi connectivity index (χ3n) is 3.05. The maximum atomic E-state index is 11.9. The molecule has 0 aromatic heterocycles. The van der Waals surface area contributed by atoms with Gasteiger partial charge in [-0.25, -0.2) is 0 Å². The molecule has 3 heteroatoms. The van der Waals surface area contributed by atoms with Crippen molar-refractivity contribution < 1.29 is 9.90 Å². The number of amides is 1. The summed E-state index contributed by atoms with van der Waals surface area (Å²) in [6.45, 7) is 6.27. The van der Waals surface area contributed by atoms with Crippen LogP contribution in [0.3, 0.4) is 0 Å². The van der Waals surface area contributed by atoms with Gasteiger partial charge in [0.15, 0.2) is 0 Å². The number of benzene rings is 1. The van der Waals surface area contributed by atoms with Crippen LogP contribution >= 0.6 is 0 Å². The van der Waals surface area contributed by atoms with Gasteiger partial charge in [0.1, 0.15) is 0 Å². The Bertz CT molecular complexity index is 390. The zero-order valence-corrected chi connectivity index (χ0v) is 11.7. The van der Waals surface area contributed by atoms with Crippen molar-refractivity contribution in [1.82, 2.24) is 4.90 Å². The summed E-state index contributed by atoms with van der Waals surface area (Å²) in [5.41, 5.74) is 1.22. The number of rotatable bonds is 5. The Labute approximate surface area is 109 Å². The van der Waals surface area contributed by atoms with Gasteiger partial charge in [-0.15, -0.1) is 0 Å². The molecule has 0 aliphatic heterocycles. The van der Waals surface area contributed by atoms with Gasteiger partial charge in [-0.05, 0) is 51.3 Å². The highest BCUT2D eigenvalue weighted by atomic mass is 16.3. The molecule has 0 saturated heterocycles. The third-order valence-corrected chi connectivity index (χ3v) is 3.05. The lowest BCUT2D eigenvalue weighted by molar-refractivity contribution is 0.0713. The number of hydrogen-bond acceptors (Lipinski definition) is 2. The molecule has 0 heterocycles. The molecule has 1 aromatic rings. The van der Waals surface area contributed by atoms with Crippen molar-refractivity contribution in [3.63, 3.8) is 0 Å². The average Bonchev–Trinajstić information content (AvgIpc) is 2.34. The number of aryl methyl sites for hydroxylation is 1. The van der Waals surface area contributed by atoms with E-state index < -0.39 is 5.60 Å². The lowest BCUT2D eigenvalue weighted by Crippen LogP contribution is -2.26. The van der Waals surface area contributed by atoms with Crippen LogP contribution < -0.4 is 0 Å². The molecule has 0 aliphatic carbocycles. The van der Waals surface area contributed by atoms with E-state index in [9.17, 15) is 9.90 Å². The van der Waals surface area contributed by atoms with Crippen LogP contribution in [0.2, 0.25) is 0 Å². The molecule has 0 saturated carbocycles. The summed E-state index contributed by atoms with van der Waals surface area (Å²) in [6.07, 6.45) is 1.54. The summed E-state index contributed by atoms with van der Waals surface area (Å²) in [7, 11) is 1.80. The van der Waals surface area contributed by atoms with E-state index in [0.29, 0.717) is 12.1 Å². The van der Waals surface area contributed by atoms with E-state index in [2.05, 4.69) is 0 Å². The zero-order valence-electron chi connectivity index (χ0n) is 11.7. The number of aliphatic hydroxyl groups is 1. The summed E-state index contributed by atoms with van der Waals surface area (Å²) >= 11 is 0. The highest BCUT2D eigenvalue weighted by molar-refractivity contribution is 5.94. The Morgan fingerprint density at radius 3 is 2.28 bits per heavy atom. The van der Waals surface area contributed by atoms with Gasteiger partial charge in [0.25, 0.3) is 5.91 Å². The molecule has 1 rings (SSSR count). The maximum absolute atomic E-state index is 11.9. The van der Waals surface area contributed by atoms with E-state index in [4.69, 9.17) is 0 Å². The highest BCUT2D eigenvalue weighted by Gasteiger charge is 2.13. The molecular formula is C15H23NO2. The molecule has 0 aliphatic rings. The molecule has 18 heavy (non-hydrogen) atoms. The van der Waals surface area contributed by atoms with Gasteiger partial charge in [-0.2, -0.15) is 0 Å². The molecule has 3 nitrogen and oxygen atoms in total. The molecule has 0 bridgehead atoms. The smallest absolute Gasteiger partial charge is 0.253 e. The molecular weight excluding hydrogens is 226 g/mol. The van der Waals surface area contributed by atoms with Crippen LogP contribution in [0.5, 0.6) is 0 Å². The molecule has 0 spiro atoms. The van der Waals surface area contributed by atoms with Gasteiger partial charge in [0, 0.05) is 19.2 Å². The fourth-order valence-corrected chi connectivity index (χ4v) is 1.63. The van der Waals surface area contributed by atoms with Gasteiger partial charge >= 0.3 is 0 Å². The number of carbonyl (C=O) groups excluding carboxylic acids is 1. The fourth-order valence-electron chi connectivity index (χ4n) is 1.63. The minimum atomic E-state index is -0.642. The van der Waals surface area contributed by atoms with Gasteiger partial charge < -0.3 is 10.0 Å². The summed E-state index contributed by atoms with van der Waals surface area (Å²) in [5.74, 6) is 0.0477. The molecule has 1 aromatic carbocycles. The normalized spacial score (nSPS) is 11.4. The molecule has 0 radical (unpaired) electrons. The minimum absolute atomic E-state index is 0.0477. The van der Waals surface area contributed by atoms with Crippen LogP contribution in [0.1, 0.15) is 43.1 Å². The molecule has 100 valence electrons. The Kier molecular flexibility index (Phi) is 4.91. The van der Waals surface area contributed by atoms with E-state index >= 15 is 0 Å². The van der Waals surface area contributed by atoms with Crippen molar-refractivity contribution in [3.05, 3.63) is 35.4 Å². The van der Waals surface area contributed by atoms with Crippen LogP contribution in [0.15, 0.2) is 24.3 Å². The first-order chi connectivity index (χ1) is 8.33. The Balaban J connectivity index is 2.66. The lowest BCUT2D eigenvalue weighted by atomic mass is 9.98. The fraction of sp³-hybridized carbons (Fsp3) is 0.533. The van der Waals surface area contributed by atoms with Crippen LogP contribution in [-0.4, -0.2) is 35.1 Å². The second kappa shape index (κ2) is 6.01. The minimum Gasteiger partial charge on any atom is -0.390 e. The first-order valence-electron chi connectivity index (χ1n) is 6.40. The Morgan fingerprint density at radius 2 is 1.83 bits per heavy atom. The molecule has 0 fully saturated rings. The van der Waals surface area contributed by atoms with Crippen molar-refractivity contribution in [2.45, 2.75) is 39.2 Å². The van der Waals surface area contributed by atoms with Gasteiger partial charge in [0.05, 0.1) is 5.60 Å². The third kappa shape index (κ3) is 4.49. The second-order valence-electron chi connectivity index (χ2n) is 5.33. The van der Waals surface area contributed by atoms with E-state index in [1.807, 2.05) is 31.2 Å². The first kappa shape index (κ1) is 14.7. The van der Waals surface area contributed by atoms with Gasteiger partial charge in [0.2, 0.25) is 0 Å². The monoisotopic (exact) mass is 249 g/mol. The summed E-state index contributed by atoms with van der Waals surface area (Å²) in [6, 6.07) is 7.63. The molecule has 1 N–H and O–H groups in total. The summed E-state index contributed by atoms with van der Waals surface area (Å²) in [4.78, 5) is 13.6. The Morgan fingerprint density at radius 1 is 1.28 bits per heavy atom. The maximum Gasteiger partial charge on any atom is 0.253 e. The number of nitrogens with zero attached hydrogens (tertiary/aromatic N) is 1. The van der Waals surface area contributed by atoms with Crippen LogP contribution in [0.25, 0.3) is 0 Å². The number of carbonyl (C=O) groups is 1. The van der Waals surface area contributed by atoms with E-state index in [1.54, 1.807) is 25.8 Å². The summed E-state index contributed by atoms with van der Waals surface area (Å²) in [5, 5.41) is 9.67. The highest BCUT2D eigenvalue weighted by Crippen LogP contribution is 2.14.